The van der Waals surface area contributed by atoms with Crippen LogP contribution in [0.4, 0.5) is 4.79 Å². The van der Waals surface area contributed by atoms with Crippen LogP contribution in [-0.2, 0) is 6.54 Å². The van der Waals surface area contributed by atoms with Crippen LogP contribution in [0, 0.1) is 6.92 Å². The molecule has 2 N–H and O–H groups in total. The number of para-hydroxylation sites is 1. The molecule has 0 radical (unpaired) electrons. The van der Waals surface area contributed by atoms with Gasteiger partial charge in [-0.2, -0.15) is 5.10 Å². The Kier molecular flexibility index (Phi) is 4.07. The van der Waals surface area contributed by atoms with Crippen LogP contribution in [0.15, 0.2) is 24.3 Å². The van der Waals surface area contributed by atoms with E-state index in [1.807, 2.05) is 36.7 Å². The quantitative estimate of drug-likeness (QED) is 0.897. The van der Waals surface area contributed by atoms with Gasteiger partial charge in [0.25, 0.3) is 0 Å². The van der Waals surface area contributed by atoms with Crippen LogP contribution in [-0.4, -0.2) is 33.4 Å². The number of ether oxygens (including phenoxy) is 1. The average molecular weight is 341 g/mol. The Balaban J connectivity index is 1.40. The van der Waals surface area contributed by atoms with Gasteiger partial charge in [0.05, 0.1) is 12.6 Å². The van der Waals surface area contributed by atoms with Gasteiger partial charge in [0.15, 0.2) is 0 Å². The number of aryl methyl sites for hydroxylation is 2. The van der Waals surface area contributed by atoms with E-state index in [0.29, 0.717) is 6.61 Å². The number of hydrogen-bond acceptors (Lipinski definition) is 4. The van der Waals surface area contributed by atoms with Gasteiger partial charge in [-0.3, -0.25) is 0 Å². The minimum Gasteiger partial charge on any atom is -0.493 e. The molecule has 0 saturated heterocycles. The van der Waals surface area contributed by atoms with E-state index in [-0.39, 0.29) is 24.0 Å². The largest absolute Gasteiger partial charge is 0.493 e. The normalized spacial score (nSPS) is 22.5. The summed E-state index contributed by atoms with van der Waals surface area (Å²) in [5.74, 6) is 2.68. The highest BCUT2D eigenvalue weighted by Crippen LogP contribution is 2.35. The first-order valence-electron chi connectivity index (χ1n) is 8.82. The molecule has 2 aliphatic rings. The summed E-state index contributed by atoms with van der Waals surface area (Å²) in [4.78, 5) is 16.9. The van der Waals surface area contributed by atoms with E-state index < -0.39 is 0 Å². The number of nitrogens with one attached hydrogen (secondary N) is 2. The van der Waals surface area contributed by atoms with E-state index >= 15 is 0 Å². The number of carbonyl (C=O) groups excluding carboxylic acids is 1. The minimum atomic E-state index is -0.170. The lowest BCUT2D eigenvalue weighted by Gasteiger charge is -2.25. The monoisotopic (exact) mass is 341 g/mol. The molecule has 3 unspecified atom stereocenters. The Morgan fingerprint density at radius 3 is 3.12 bits per heavy atom. The minimum absolute atomic E-state index is 0.0214. The number of nitrogens with zero attached hydrogens (tertiary/aromatic N) is 3. The van der Waals surface area contributed by atoms with Crippen LogP contribution in [0.1, 0.15) is 48.9 Å². The molecule has 0 saturated carbocycles. The maximum absolute atomic E-state index is 12.5. The Bertz CT molecular complexity index is 788. The number of benzene rings is 1. The number of aromatic nitrogens is 3. The number of carbonyl (C=O) groups is 1. The van der Waals surface area contributed by atoms with E-state index in [0.717, 1.165) is 42.3 Å². The molecule has 25 heavy (non-hydrogen) atoms. The van der Waals surface area contributed by atoms with Crippen LogP contribution in [0.25, 0.3) is 0 Å². The zero-order valence-corrected chi connectivity index (χ0v) is 14.5. The van der Waals surface area contributed by atoms with Crippen molar-refractivity contribution in [3.63, 3.8) is 0 Å². The fourth-order valence-electron chi connectivity index (χ4n) is 3.71. The van der Waals surface area contributed by atoms with Crippen LogP contribution < -0.4 is 15.4 Å². The summed E-state index contributed by atoms with van der Waals surface area (Å²) >= 11 is 0. The second kappa shape index (κ2) is 6.38. The highest BCUT2D eigenvalue weighted by molar-refractivity contribution is 5.74. The van der Waals surface area contributed by atoms with Gasteiger partial charge in [0.2, 0.25) is 0 Å². The fraction of sp³-hybridized carbons (Fsp3) is 0.500. The molecular formula is C18H23N5O2. The first-order chi connectivity index (χ1) is 12.1. The predicted octanol–water partition coefficient (Wildman–Crippen LogP) is 2.29. The SMILES string of the molecule is Cc1nc2n(n1)CCCC2NC(=O)NC(C)C1COc2ccccc21. The zero-order chi connectivity index (χ0) is 17.4. The van der Waals surface area contributed by atoms with Crippen molar-refractivity contribution in [2.45, 2.75) is 51.2 Å². The lowest BCUT2D eigenvalue weighted by molar-refractivity contribution is 0.225. The van der Waals surface area contributed by atoms with Crippen LogP contribution in [0.2, 0.25) is 0 Å². The number of fused-ring (bicyclic) bond motifs is 2. The molecule has 132 valence electrons. The molecular weight excluding hydrogens is 318 g/mol. The van der Waals surface area contributed by atoms with Gasteiger partial charge in [-0.1, -0.05) is 18.2 Å². The van der Waals surface area contributed by atoms with Gasteiger partial charge in [0, 0.05) is 24.1 Å². The van der Waals surface area contributed by atoms with E-state index in [1.54, 1.807) is 0 Å². The lowest BCUT2D eigenvalue weighted by Crippen LogP contribution is -2.46. The molecule has 2 aromatic rings. The molecule has 0 fully saturated rings. The number of hydrogen-bond donors (Lipinski definition) is 2. The molecule has 3 heterocycles. The number of amides is 2. The maximum Gasteiger partial charge on any atom is 0.315 e. The van der Waals surface area contributed by atoms with Crippen molar-refractivity contribution in [2.75, 3.05) is 6.61 Å². The van der Waals surface area contributed by atoms with Crippen LogP contribution in [0.3, 0.4) is 0 Å². The zero-order valence-electron chi connectivity index (χ0n) is 14.5. The van der Waals surface area contributed by atoms with Gasteiger partial charge in [-0.25, -0.2) is 14.5 Å². The van der Waals surface area contributed by atoms with E-state index in [1.165, 1.54) is 0 Å². The first kappa shape index (κ1) is 15.9. The summed E-state index contributed by atoms with van der Waals surface area (Å²) in [6.07, 6.45) is 1.87. The average Bonchev–Trinajstić information content (AvgIpc) is 3.18. The molecule has 7 nitrogen and oxygen atoms in total. The molecule has 0 bridgehead atoms. The summed E-state index contributed by atoms with van der Waals surface area (Å²) in [5, 5.41) is 10.5. The summed E-state index contributed by atoms with van der Waals surface area (Å²) in [5.41, 5.74) is 1.16. The topological polar surface area (TPSA) is 81.1 Å². The molecule has 2 amide bonds. The van der Waals surface area contributed by atoms with Gasteiger partial charge in [-0.15, -0.1) is 0 Å². The van der Waals surface area contributed by atoms with Crippen molar-refractivity contribution < 1.29 is 9.53 Å². The van der Waals surface area contributed by atoms with Crippen molar-refractivity contribution >= 4 is 6.03 Å². The third-order valence-corrected chi connectivity index (χ3v) is 4.99. The Morgan fingerprint density at radius 2 is 2.24 bits per heavy atom. The van der Waals surface area contributed by atoms with Crippen LogP contribution in [0.5, 0.6) is 5.75 Å². The van der Waals surface area contributed by atoms with Crippen molar-refractivity contribution in [1.29, 1.82) is 0 Å². The van der Waals surface area contributed by atoms with Gasteiger partial charge in [0.1, 0.15) is 17.4 Å². The summed E-state index contributed by atoms with van der Waals surface area (Å²) in [6.45, 7) is 5.35. The Hall–Kier alpha value is -2.57. The van der Waals surface area contributed by atoms with Gasteiger partial charge < -0.3 is 15.4 Å². The van der Waals surface area contributed by atoms with Gasteiger partial charge in [-0.05, 0) is 32.8 Å². The number of rotatable bonds is 3. The van der Waals surface area contributed by atoms with E-state index in [9.17, 15) is 4.79 Å². The second-order valence-electron chi connectivity index (χ2n) is 6.80. The highest BCUT2D eigenvalue weighted by Gasteiger charge is 2.31. The second-order valence-corrected chi connectivity index (χ2v) is 6.80. The standard InChI is InChI=1S/C18H23N5O2/c1-11(14-10-25-16-8-4-3-6-13(14)16)19-18(24)21-15-7-5-9-23-17(15)20-12(2)22-23/h3-4,6,8,11,14-15H,5,7,9-10H2,1-2H3,(H2,19,21,24). The van der Waals surface area contributed by atoms with Crippen molar-refractivity contribution in [3.05, 3.63) is 41.5 Å². The number of urea groups is 1. The summed E-state index contributed by atoms with van der Waals surface area (Å²) in [7, 11) is 0. The third kappa shape index (κ3) is 3.06. The molecule has 3 atom stereocenters. The molecule has 0 spiro atoms. The molecule has 0 aliphatic carbocycles. The smallest absolute Gasteiger partial charge is 0.315 e. The van der Waals surface area contributed by atoms with Crippen molar-refractivity contribution in [3.8, 4) is 5.75 Å². The molecule has 1 aromatic heterocycles. The summed E-state index contributed by atoms with van der Waals surface area (Å²) < 4.78 is 7.62. The Morgan fingerprint density at radius 1 is 1.40 bits per heavy atom. The van der Waals surface area contributed by atoms with E-state index in [4.69, 9.17) is 4.74 Å². The predicted molar refractivity (Wildman–Crippen MR) is 92.5 cm³/mol. The first-order valence-corrected chi connectivity index (χ1v) is 8.82. The van der Waals surface area contributed by atoms with E-state index in [2.05, 4.69) is 26.8 Å². The Labute approximate surface area is 146 Å². The van der Waals surface area contributed by atoms with Crippen molar-refractivity contribution in [1.82, 2.24) is 25.4 Å². The van der Waals surface area contributed by atoms with Crippen LogP contribution >= 0.6 is 0 Å². The molecule has 7 heteroatoms. The van der Waals surface area contributed by atoms with Crippen molar-refractivity contribution in [2.24, 2.45) is 0 Å². The molecule has 4 rings (SSSR count). The molecule has 2 aliphatic heterocycles. The lowest BCUT2D eigenvalue weighted by atomic mass is 9.94. The molecule has 1 aromatic carbocycles. The summed E-state index contributed by atoms with van der Waals surface area (Å²) in [6, 6.07) is 7.73. The highest BCUT2D eigenvalue weighted by atomic mass is 16.5. The third-order valence-electron chi connectivity index (χ3n) is 4.99. The van der Waals surface area contributed by atoms with Gasteiger partial charge >= 0.3 is 6.03 Å². The fourth-order valence-corrected chi connectivity index (χ4v) is 3.71. The maximum atomic E-state index is 12.5.